The van der Waals surface area contributed by atoms with Crippen LogP contribution in [0.1, 0.15) is 16.5 Å². The number of carbonyl (C=O) groups excluding carboxylic acids is 1. The number of halogens is 1. The van der Waals surface area contributed by atoms with Gasteiger partial charge in [-0.05, 0) is 29.8 Å². The second-order valence-electron chi connectivity index (χ2n) is 5.38. The van der Waals surface area contributed by atoms with E-state index in [1.165, 1.54) is 0 Å². The zero-order chi connectivity index (χ0) is 16.9. The van der Waals surface area contributed by atoms with E-state index in [1.807, 2.05) is 59.5 Å². The van der Waals surface area contributed by atoms with E-state index in [4.69, 9.17) is 16.3 Å². The Labute approximate surface area is 151 Å². The van der Waals surface area contributed by atoms with Gasteiger partial charge in [0.2, 0.25) is 5.91 Å². The summed E-state index contributed by atoms with van der Waals surface area (Å²) in [7, 11) is 1.63. The molecule has 5 heteroatoms. The maximum absolute atomic E-state index is 12.6. The zero-order valence-electron chi connectivity index (χ0n) is 13.3. The summed E-state index contributed by atoms with van der Waals surface area (Å²) < 4.78 is 5.14. The van der Waals surface area contributed by atoms with Crippen LogP contribution in [0.4, 0.5) is 0 Å². The molecule has 24 heavy (non-hydrogen) atoms. The molecule has 2 aromatic rings. The van der Waals surface area contributed by atoms with Crippen LogP contribution in [-0.2, 0) is 4.79 Å². The van der Waals surface area contributed by atoms with E-state index in [-0.39, 0.29) is 11.3 Å². The Morgan fingerprint density at radius 1 is 1.25 bits per heavy atom. The molecule has 3 rings (SSSR count). The number of amides is 1. The van der Waals surface area contributed by atoms with E-state index in [9.17, 15) is 4.79 Å². The van der Waals surface area contributed by atoms with Gasteiger partial charge in [-0.3, -0.25) is 4.79 Å². The normalized spacial score (nSPS) is 17.4. The first-order valence-electron chi connectivity index (χ1n) is 7.68. The predicted octanol–water partition coefficient (Wildman–Crippen LogP) is 4.64. The first-order valence-corrected chi connectivity index (χ1v) is 9.10. The molecule has 1 unspecified atom stereocenters. The summed E-state index contributed by atoms with van der Waals surface area (Å²) in [5.41, 5.74) is 1.96. The molecule has 3 nitrogen and oxygen atoms in total. The van der Waals surface area contributed by atoms with Crippen LogP contribution in [0.15, 0.2) is 54.6 Å². The standard InChI is InChI=1S/C19H18ClNO2S/c1-23-15-9-6-14(7-10-15)8-11-18(22)21-12-13-24-19(21)16-4-2-3-5-17(16)20/h2-11,19H,12-13H2,1H3/b11-8+. The van der Waals surface area contributed by atoms with E-state index in [0.29, 0.717) is 5.02 Å². The molecule has 1 atom stereocenters. The van der Waals surface area contributed by atoms with Gasteiger partial charge < -0.3 is 9.64 Å². The quantitative estimate of drug-likeness (QED) is 0.745. The fraction of sp³-hybridized carbons (Fsp3) is 0.211. The third-order valence-electron chi connectivity index (χ3n) is 3.88. The smallest absolute Gasteiger partial charge is 0.247 e. The van der Waals surface area contributed by atoms with Crippen molar-refractivity contribution in [1.82, 2.24) is 4.90 Å². The lowest BCUT2D eigenvalue weighted by molar-refractivity contribution is -0.126. The van der Waals surface area contributed by atoms with Crippen molar-refractivity contribution in [2.75, 3.05) is 19.4 Å². The Morgan fingerprint density at radius 3 is 2.71 bits per heavy atom. The van der Waals surface area contributed by atoms with Crippen molar-refractivity contribution in [2.45, 2.75) is 5.37 Å². The molecule has 1 aliphatic heterocycles. The topological polar surface area (TPSA) is 29.5 Å². The highest BCUT2D eigenvalue weighted by Crippen LogP contribution is 2.40. The number of hydrogen-bond donors (Lipinski definition) is 0. The molecule has 2 aromatic carbocycles. The third kappa shape index (κ3) is 3.77. The van der Waals surface area contributed by atoms with Gasteiger partial charge in [0.05, 0.1) is 7.11 Å². The minimum atomic E-state index is -0.0216. The maximum Gasteiger partial charge on any atom is 0.247 e. The van der Waals surface area contributed by atoms with Gasteiger partial charge in [0.25, 0.3) is 0 Å². The molecule has 0 aliphatic carbocycles. The van der Waals surface area contributed by atoms with Gasteiger partial charge in [0.1, 0.15) is 11.1 Å². The molecule has 1 fully saturated rings. The lowest BCUT2D eigenvalue weighted by Crippen LogP contribution is -2.28. The number of methoxy groups -OCH3 is 1. The molecule has 1 saturated heterocycles. The Balaban J connectivity index is 1.73. The Morgan fingerprint density at radius 2 is 2.00 bits per heavy atom. The monoisotopic (exact) mass is 359 g/mol. The van der Waals surface area contributed by atoms with Crippen LogP contribution in [0.3, 0.4) is 0 Å². The second-order valence-corrected chi connectivity index (χ2v) is 6.98. The van der Waals surface area contributed by atoms with E-state index in [1.54, 1.807) is 24.9 Å². The number of nitrogens with zero attached hydrogens (tertiary/aromatic N) is 1. The summed E-state index contributed by atoms with van der Waals surface area (Å²) >= 11 is 8.04. The van der Waals surface area contributed by atoms with E-state index < -0.39 is 0 Å². The number of benzene rings is 2. The summed E-state index contributed by atoms with van der Waals surface area (Å²) in [5.74, 6) is 1.71. The average Bonchev–Trinajstić information content (AvgIpc) is 3.10. The van der Waals surface area contributed by atoms with Crippen molar-refractivity contribution >= 4 is 35.3 Å². The lowest BCUT2D eigenvalue weighted by atomic mass is 10.2. The van der Waals surface area contributed by atoms with E-state index in [2.05, 4.69) is 0 Å². The molecule has 0 spiro atoms. The minimum absolute atomic E-state index is 0.000683. The van der Waals surface area contributed by atoms with Crippen molar-refractivity contribution in [3.8, 4) is 5.75 Å². The number of hydrogen-bond acceptors (Lipinski definition) is 3. The Kier molecular flexibility index (Phi) is 5.48. The second kappa shape index (κ2) is 7.77. The molecular formula is C19H18ClNO2S. The van der Waals surface area contributed by atoms with Gasteiger partial charge in [-0.25, -0.2) is 0 Å². The van der Waals surface area contributed by atoms with Crippen LogP contribution in [0.25, 0.3) is 6.08 Å². The van der Waals surface area contributed by atoms with Crippen molar-refractivity contribution in [1.29, 1.82) is 0 Å². The molecule has 0 saturated carbocycles. The molecule has 124 valence electrons. The third-order valence-corrected chi connectivity index (χ3v) is 5.47. The highest BCUT2D eigenvalue weighted by atomic mass is 35.5. The Bertz CT molecular complexity index is 745. The van der Waals surface area contributed by atoms with Crippen LogP contribution in [0, 0.1) is 0 Å². The molecule has 1 aliphatic rings. The van der Waals surface area contributed by atoms with Crippen LogP contribution in [-0.4, -0.2) is 30.2 Å². The summed E-state index contributed by atoms with van der Waals surface area (Å²) in [6.07, 6.45) is 3.45. The highest BCUT2D eigenvalue weighted by molar-refractivity contribution is 7.99. The summed E-state index contributed by atoms with van der Waals surface area (Å²) in [6.45, 7) is 0.729. The number of thioether (sulfide) groups is 1. The first-order chi connectivity index (χ1) is 11.7. The molecular weight excluding hydrogens is 342 g/mol. The van der Waals surface area contributed by atoms with Crippen molar-refractivity contribution in [3.05, 3.63) is 70.8 Å². The van der Waals surface area contributed by atoms with Crippen LogP contribution < -0.4 is 4.74 Å². The van der Waals surface area contributed by atoms with Crippen molar-refractivity contribution in [3.63, 3.8) is 0 Å². The van der Waals surface area contributed by atoms with Crippen molar-refractivity contribution < 1.29 is 9.53 Å². The SMILES string of the molecule is COc1ccc(/C=C/C(=O)N2CCSC2c2ccccc2Cl)cc1. The van der Waals surface area contributed by atoms with Gasteiger partial charge in [-0.1, -0.05) is 41.9 Å². The number of rotatable bonds is 4. The largest absolute Gasteiger partial charge is 0.497 e. The number of carbonyl (C=O) groups is 1. The average molecular weight is 360 g/mol. The minimum Gasteiger partial charge on any atom is -0.497 e. The zero-order valence-corrected chi connectivity index (χ0v) is 14.9. The van der Waals surface area contributed by atoms with Crippen LogP contribution >= 0.6 is 23.4 Å². The van der Waals surface area contributed by atoms with E-state index >= 15 is 0 Å². The van der Waals surface area contributed by atoms with Crippen LogP contribution in [0.2, 0.25) is 5.02 Å². The van der Waals surface area contributed by atoms with Crippen LogP contribution in [0.5, 0.6) is 5.75 Å². The lowest BCUT2D eigenvalue weighted by Gasteiger charge is -2.23. The van der Waals surface area contributed by atoms with Gasteiger partial charge in [0.15, 0.2) is 0 Å². The van der Waals surface area contributed by atoms with Gasteiger partial charge in [-0.2, -0.15) is 0 Å². The predicted molar refractivity (Wildman–Crippen MR) is 100 cm³/mol. The Hall–Kier alpha value is -1.91. The molecule has 1 heterocycles. The maximum atomic E-state index is 12.6. The summed E-state index contributed by atoms with van der Waals surface area (Å²) in [5, 5.41) is 0.681. The van der Waals surface area contributed by atoms with Gasteiger partial charge in [0, 0.05) is 29.0 Å². The van der Waals surface area contributed by atoms with Gasteiger partial charge in [-0.15, -0.1) is 11.8 Å². The molecule has 0 bridgehead atoms. The highest BCUT2D eigenvalue weighted by Gasteiger charge is 2.30. The summed E-state index contributed by atoms with van der Waals surface area (Å²) in [4.78, 5) is 14.5. The summed E-state index contributed by atoms with van der Waals surface area (Å²) in [6, 6.07) is 15.3. The molecule has 0 radical (unpaired) electrons. The van der Waals surface area contributed by atoms with E-state index in [0.717, 1.165) is 29.2 Å². The first kappa shape index (κ1) is 16.9. The molecule has 0 aromatic heterocycles. The fourth-order valence-electron chi connectivity index (χ4n) is 2.61. The van der Waals surface area contributed by atoms with Gasteiger partial charge >= 0.3 is 0 Å². The molecule has 0 N–H and O–H groups in total. The molecule has 1 amide bonds. The number of ether oxygens (including phenoxy) is 1. The fourth-order valence-corrected chi connectivity index (χ4v) is 4.21. The van der Waals surface area contributed by atoms with Crippen molar-refractivity contribution in [2.24, 2.45) is 0 Å².